The minimum atomic E-state index is -0.219. The van der Waals surface area contributed by atoms with E-state index >= 15 is 0 Å². The summed E-state index contributed by atoms with van der Waals surface area (Å²) in [4.78, 5) is 14.3. The van der Waals surface area contributed by atoms with Crippen molar-refractivity contribution in [2.24, 2.45) is 0 Å². The number of rotatable bonds is 6. The summed E-state index contributed by atoms with van der Waals surface area (Å²) in [6.07, 6.45) is 5.00. The third kappa shape index (κ3) is 4.84. The lowest BCUT2D eigenvalue weighted by Gasteiger charge is -2.34. The van der Waals surface area contributed by atoms with Gasteiger partial charge in [0, 0.05) is 30.4 Å². The fraction of sp³-hybridized carbons (Fsp3) is 0.421. The van der Waals surface area contributed by atoms with Gasteiger partial charge in [0.05, 0.1) is 12.9 Å². The fourth-order valence-electron chi connectivity index (χ4n) is 3.21. The van der Waals surface area contributed by atoms with Gasteiger partial charge in [0.15, 0.2) is 0 Å². The van der Waals surface area contributed by atoms with Crippen molar-refractivity contribution < 1.29 is 14.3 Å². The molecule has 3 N–H and O–H groups in total. The second-order valence-electron chi connectivity index (χ2n) is 6.30. The number of furan rings is 1. The standard InChI is InChI=1S/C19H25N3O3/c23-14-17-4-1-2-11-22(17)12-10-20-19(24)21-16-8-6-15(7-9-16)18-5-3-13-25-18/h3,5-9,13,17,23H,1-2,4,10-12,14H2,(H2,20,21,24)/t17-/m0/s1. The normalized spacial score (nSPS) is 18.0. The number of piperidine rings is 1. The fourth-order valence-corrected chi connectivity index (χ4v) is 3.21. The van der Waals surface area contributed by atoms with Gasteiger partial charge in [0.2, 0.25) is 0 Å². The van der Waals surface area contributed by atoms with E-state index in [9.17, 15) is 9.90 Å². The van der Waals surface area contributed by atoms with Crippen molar-refractivity contribution in [2.75, 3.05) is 31.6 Å². The second kappa shape index (κ2) is 8.69. The molecule has 1 aliphatic rings. The minimum Gasteiger partial charge on any atom is -0.464 e. The number of benzene rings is 1. The Labute approximate surface area is 147 Å². The molecule has 1 fully saturated rings. The molecule has 3 rings (SSSR count). The van der Waals surface area contributed by atoms with Crippen LogP contribution in [0.15, 0.2) is 47.1 Å². The van der Waals surface area contributed by atoms with Crippen LogP contribution in [0.2, 0.25) is 0 Å². The first kappa shape index (κ1) is 17.5. The maximum atomic E-state index is 12.0. The molecule has 6 heteroatoms. The molecule has 2 heterocycles. The van der Waals surface area contributed by atoms with Gasteiger partial charge in [-0.3, -0.25) is 4.90 Å². The number of urea groups is 1. The molecular formula is C19H25N3O3. The molecule has 1 aromatic heterocycles. The van der Waals surface area contributed by atoms with Gasteiger partial charge in [0.1, 0.15) is 5.76 Å². The number of amides is 2. The van der Waals surface area contributed by atoms with Gasteiger partial charge in [-0.25, -0.2) is 4.79 Å². The van der Waals surface area contributed by atoms with Crippen molar-refractivity contribution in [1.82, 2.24) is 10.2 Å². The van der Waals surface area contributed by atoms with Crippen molar-refractivity contribution in [3.05, 3.63) is 42.7 Å². The Kier molecular flexibility index (Phi) is 6.09. The van der Waals surface area contributed by atoms with E-state index in [1.165, 1.54) is 6.42 Å². The molecule has 2 aromatic rings. The predicted molar refractivity (Wildman–Crippen MR) is 97.5 cm³/mol. The Morgan fingerprint density at radius 3 is 2.80 bits per heavy atom. The molecule has 25 heavy (non-hydrogen) atoms. The van der Waals surface area contributed by atoms with Crippen LogP contribution in [0.25, 0.3) is 11.3 Å². The summed E-state index contributed by atoms with van der Waals surface area (Å²) in [5.41, 5.74) is 1.70. The van der Waals surface area contributed by atoms with Crippen molar-refractivity contribution >= 4 is 11.7 Å². The number of aliphatic hydroxyl groups excluding tert-OH is 1. The molecule has 2 amide bonds. The van der Waals surface area contributed by atoms with E-state index in [0.29, 0.717) is 6.54 Å². The van der Waals surface area contributed by atoms with Gasteiger partial charge in [-0.05, 0) is 55.8 Å². The molecule has 0 radical (unpaired) electrons. The molecule has 134 valence electrons. The average Bonchev–Trinajstić information content (AvgIpc) is 3.17. The predicted octanol–water partition coefficient (Wildman–Crippen LogP) is 2.91. The highest BCUT2D eigenvalue weighted by atomic mass is 16.3. The number of aliphatic hydroxyl groups is 1. The Hall–Kier alpha value is -2.31. The smallest absolute Gasteiger partial charge is 0.319 e. The van der Waals surface area contributed by atoms with E-state index in [4.69, 9.17) is 4.42 Å². The number of nitrogens with zero attached hydrogens (tertiary/aromatic N) is 1. The number of likely N-dealkylation sites (tertiary alicyclic amines) is 1. The van der Waals surface area contributed by atoms with Crippen LogP contribution in [0.3, 0.4) is 0 Å². The molecule has 1 saturated heterocycles. The van der Waals surface area contributed by atoms with Crippen LogP contribution in [-0.4, -0.2) is 48.3 Å². The van der Waals surface area contributed by atoms with E-state index < -0.39 is 0 Å². The van der Waals surface area contributed by atoms with Gasteiger partial charge < -0.3 is 20.2 Å². The Balaban J connectivity index is 1.43. The van der Waals surface area contributed by atoms with Crippen LogP contribution < -0.4 is 10.6 Å². The minimum absolute atomic E-state index is 0.189. The Morgan fingerprint density at radius 1 is 1.24 bits per heavy atom. The highest BCUT2D eigenvalue weighted by Crippen LogP contribution is 2.21. The molecule has 0 bridgehead atoms. The maximum Gasteiger partial charge on any atom is 0.319 e. The number of carbonyl (C=O) groups is 1. The summed E-state index contributed by atoms with van der Waals surface area (Å²) >= 11 is 0. The topological polar surface area (TPSA) is 77.7 Å². The molecule has 0 spiro atoms. The quantitative estimate of drug-likeness (QED) is 0.754. The van der Waals surface area contributed by atoms with Gasteiger partial charge in [0.25, 0.3) is 0 Å². The number of anilines is 1. The Bertz CT molecular complexity index is 655. The third-order valence-corrected chi connectivity index (χ3v) is 4.59. The summed E-state index contributed by atoms with van der Waals surface area (Å²) in [5, 5.41) is 15.1. The molecule has 1 aliphatic heterocycles. The van der Waals surface area contributed by atoms with Crippen molar-refractivity contribution in [3.63, 3.8) is 0 Å². The zero-order chi connectivity index (χ0) is 17.5. The van der Waals surface area contributed by atoms with E-state index in [2.05, 4.69) is 15.5 Å². The number of hydrogen-bond acceptors (Lipinski definition) is 4. The second-order valence-corrected chi connectivity index (χ2v) is 6.30. The molecule has 0 aliphatic carbocycles. The third-order valence-electron chi connectivity index (χ3n) is 4.59. The van der Waals surface area contributed by atoms with E-state index in [1.54, 1.807) is 6.26 Å². The van der Waals surface area contributed by atoms with Crippen molar-refractivity contribution in [1.29, 1.82) is 0 Å². The first-order valence-corrected chi connectivity index (χ1v) is 8.80. The molecule has 1 atom stereocenters. The molecule has 0 saturated carbocycles. The van der Waals surface area contributed by atoms with Gasteiger partial charge >= 0.3 is 6.03 Å². The monoisotopic (exact) mass is 343 g/mol. The highest BCUT2D eigenvalue weighted by Gasteiger charge is 2.20. The molecule has 0 unspecified atom stereocenters. The van der Waals surface area contributed by atoms with Crippen LogP contribution in [0.4, 0.5) is 10.5 Å². The zero-order valence-electron chi connectivity index (χ0n) is 14.3. The largest absolute Gasteiger partial charge is 0.464 e. The highest BCUT2D eigenvalue weighted by molar-refractivity contribution is 5.89. The van der Waals surface area contributed by atoms with Gasteiger partial charge in [-0.2, -0.15) is 0 Å². The molecule has 6 nitrogen and oxygen atoms in total. The van der Waals surface area contributed by atoms with Gasteiger partial charge in [-0.15, -0.1) is 0 Å². The average molecular weight is 343 g/mol. The van der Waals surface area contributed by atoms with Crippen molar-refractivity contribution in [2.45, 2.75) is 25.3 Å². The lowest BCUT2D eigenvalue weighted by Crippen LogP contribution is -2.46. The first-order chi connectivity index (χ1) is 12.3. The SMILES string of the molecule is O=C(NCCN1CCCC[C@H]1CO)Nc1ccc(-c2ccco2)cc1. The van der Waals surface area contributed by atoms with Crippen molar-refractivity contribution in [3.8, 4) is 11.3 Å². The van der Waals surface area contributed by atoms with Crippen LogP contribution >= 0.6 is 0 Å². The molecule has 1 aromatic carbocycles. The first-order valence-electron chi connectivity index (χ1n) is 8.80. The van der Waals surface area contributed by atoms with Gasteiger partial charge in [-0.1, -0.05) is 6.42 Å². The Morgan fingerprint density at radius 2 is 2.08 bits per heavy atom. The summed E-state index contributed by atoms with van der Waals surface area (Å²) in [6.45, 7) is 2.50. The van der Waals surface area contributed by atoms with Crippen LogP contribution in [0.1, 0.15) is 19.3 Å². The maximum absolute atomic E-state index is 12.0. The van der Waals surface area contributed by atoms with Crippen LogP contribution in [0, 0.1) is 0 Å². The molecular weight excluding hydrogens is 318 g/mol. The van der Waals surface area contributed by atoms with Crippen LogP contribution in [0.5, 0.6) is 0 Å². The lowest BCUT2D eigenvalue weighted by atomic mass is 10.0. The summed E-state index contributed by atoms with van der Waals surface area (Å²) in [5.74, 6) is 0.802. The van der Waals surface area contributed by atoms with E-state index in [-0.39, 0.29) is 18.7 Å². The number of carbonyl (C=O) groups excluding carboxylic acids is 1. The summed E-state index contributed by atoms with van der Waals surface area (Å²) in [6, 6.07) is 11.3. The zero-order valence-corrected chi connectivity index (χ0v) is 14.3. The lowest BCUT2D eigenvalue weighted by molar-refractivity contribution is 0.0917. The summed E-state index contributed by atoms with van der Waals surface area (Å²) < 4.78 is 5.35. The summed E-state index contributed by atoms with van der Waals surface area (Å²) in [7, 11) is 0. The number of hydrogen-bond donors (Lipinski definition) is 3. The van der Waals surface area contributed by atoms with E-state index in [0.717, 1.165) is 42.9 Å². The van der Waals surface area contributed by atoms with Crippen LogP contribution in [-0.2, 0) is 0 Å². The number of nitrogens with one attached hydrogen (secondary N) is 2. The van der Waals surface area contributed by atoms with E-state index in [1.807, 2.05) is 36.4 Å².